The monoisotopic (exact) mass is 281 g/mol. The van der Waals surface area contributed by atoms with Crippen molar-refractivity contribution in [1.29, 1.82) is 5.26 Å². The number of rotatable bonds is 9. The SMILES string of the molecule is CCCNC(C)(C#N)CCCN(C)CC1CCCOC1. The summed E-state index contributed by atoms with van der Waals surface area (Å²) in [6.45, 7) is 9.08. The zero-order valence-electron chi connectivity index (χ0n) is 13.5. The van der Waals surface area contributed by atoms with E-state index in [0.29, 0.717) is 5.92 Å². The molecule has 0 spiro atoms. The molecule has 2 atom stereocenters. The van der Waals surface area contributed by atoms with Crippen LogP contribution < -0.4 is 5.32 Å². The Balaban J connectivity index is 2.19. The third kappa shape index (κ3) is 6.69. The van der Waals surface area contributed by atoms with Crippen LogP contribution in [0.4, 0.5) is 0 Å². The second-order valence-electron chi connectivity index (χ2n) is 6.32. The van der Waals surface area contributed by atoms with Gasteiger partial charge in [0, 0.05) is 13.2 Å². The van der Waals surface area contributed by atoms with Crippen LogP contribution in [-0.4, -0.2) is 50.3 Å². The minimum absolute atomic E-state index is 0.370. The third-order valence-corrected chi connectivity index (χ3v) is 4.05. The van der Waals surface area contributed by atoms with E-state index in [9.17, 15) is 5.26 Å². The lowest BCUT2D eigenvalue weighted by Gasteiger charge is -2.28. The first-order valence-corrected chi connectivity index (χ1v) is 8.02. The molecule has 0 aromatic carbocycles. The van der Waals surface area contributed by atoms with Gasteiger partial charge in [-0.1, -0.05) is 6.92 Å². The molecule has 1 heterocycles. The second kappa shape index (κ2) is 9.33. The predicted molar refractivity (Wildman–Crippen MR) is 82.6 cm³/mol. The van der Waals surface area contributed by atoms with Crippen LogP contribution in [0.5, 0.6) is 0 Å². The van der Waals surface area contributed by atoms with E-state index < -0.39 is 0 Å². The Morgan fingerprint density at radius 3 is 2.90 bits per heavy atom. The van der Waals surface area contributed by atoms with Crippen LogP contribution in [0.2, 0.25) is 0 Å². The lowest BCUT2D eigenvalue weighted by atomic mass is 9.97. The van der Waals surface area contributed by atoms with Gasteiger partial charge in [0.25, 0.3) is 0 Å². The fraction of sp³-hybridized carbons (Fsp3) is 0.938. The van der Waals surface area contributed by atoms with Crippen molar-refractivity contribution in [2.45, 2.75) is 51.5 Å². The average molecular weight is 281 g/mol. The summed E-state index contributed by atoms with van der Waals surface area (Å²) >= 11 is 0. The Labute approximate surface area is 124 Å². The smallest absolute Gasteiger partial charge is 0.103 e. The molecule has 0 aromatic rings. The Bertz CT molecular complexity index is 297. The molecule has 1 aliphatic rings. The first-order chi connectivity index (χ1) is 9.59. The fourth-order valence-electron chi connectivity index (χ4n) is 2.77. The third-order valence-electron chi connectivity index (χ3n) is 4.05. The maximum Gasteiger partial charge on any atom is 0.103 e. The van der Waals surface area contributed by atoms with Crippen LogP contribution in [0.1, 0.15) is 46.0 Å². The molecule has 0 bridgehead atoms. The van der Waals surface area contributed by atoms with E-state index in [0.717, 1.165) is 52.1 Å². The summed E-state index contributed by atoms with van der Waals surface area (Å²) < 4.78 is 5.52. The van der Waals surface area contributed by atoms with Crippen LogP contribution in [0, 0.1) is 17.2 Å². The van der Waals surface area contributed by atoms with E-state index in [1.807, 2.05) is 6.92 Å². The van der Waals surface area contributed by atoms with E-state index in [1.54, 1.807) is 0 Å². The molecule has 1 N–H and O–H groups in total. The zero-order valence-corrected chi connectivity index (χ0v) is 13.5. The maximum atomic E-state index is 9.30. The molecule has 1 rings (SSSR count). The van der Waals surface area contributed by atoms with Gasteiger partial charge in [-0.15, -0.1) is 0 Å². The first kappa shape index (κ1) is 17.4. The van der Waals surface area contributed by atoms with Gasteiger partial charge in [0.05, 0.1) is 12.7 Å². The summed E-state index contributed by atoms with van der Waals surface area (Å²) in [6, 6.07) is 2.42. The summed E-state index contributed by atoms with van der Waals surface area (Å²) in [5, 5.41) is 12.6. The van der Waals surface area contributed by atoms with Crippen LogP contribution in [-0.2, 0) is 4.74 Å². The molecule has 1 aliphatic heterocycles. The molecule has 0 saturated carbocycles. The van der Waals surface area contributed by atoms with Crippen molar-refractivity contribution in [3.8, 4) is 6.07 Å². The van der Waals surface area contributed by atoms with Gasteiger partial charge in [0.1, 0.15) is 5.54 Å². The molecule has 2 unspecified atom stereocenters. The summed E-state index contributed by atoms with van der Waals surface area (Å²) in [5.41, 5.74) is -0.370. The van der Waals surface area contributed by atoms with Gasteiger partial charge in [-0.3, -0.25) is 5.32 Å². The number of nitrogens with one attached hydrogen (secondary N) is 1. The van der Waals surface area contributed by atoms with Crippen LogP contribution in [0.25, 0.3) is 0 Å². The summed E-state index contributed by atoms with van der Waals surface area (Å²) in [4.78, 5) is 2.39. The highest BCUT2D eigenvalue weighted by Crippen LogP contribution is 2.16. The Morgan fingerprint density at radius 1 is 1.50 bits per heavy atom. The van der Waals surface area contributed by atoms with Crippen molar-refractivity contribution in [2.24, 2.45) is 5.92 Å². The second-order valence-corrected chi connectivity index (χ2v) is 6.32. The van der Waals surface area contributed by atoms with Crippen LogP contribution in [0.15, 0.2) is 0 Å². The number of ether oxygens (including phenoxy) is 1. The quantitative estimate of drug-likeness (QED) is 0.705. The number of hydrogen-bond donors (Lipinski definition) is 1. The molecule has 1 fully saturated rings. The summed E-state index contributed by atoms with van der Waals surface area (Å²) in [5.74, 6) is 0.689. The molecule has 0 aromatic heterocycles. The van der Waals surface area contributed by atoms with Crippen molar-refractivity contribution in [2.75, 3.05) is 39.9 Å². The number of nitrogens with zero attached hydrogens (tertiary/aromatic N) is 2. The zero-order chi connectivity index (χ0) is 14.8. The highest BCUT2D eigenvalue weighted by molar-refractivity contribution is 5.03. The summed E-state index contributed by atoms with van der Waals surface area (Å²) in [6.07, 6.45) is 5.53. The molecule has 0 amide bonds. The van der Waals surface area contributed by atoms with Crippen molar-refractivity contribution in [3.63, 3.8) is 0 Å². The van der Waals surface area contributed by atoms with Crippen LogP contribution >= 0.6 is 0 Å². The Kier molecular flexibility index (Phi) is 8.13. The van der Waals surface area contributed by atoms with Gasteiger partial charge >= 0.3 is 0 Å². The van der Waals surface area contributed by atoms with E-state index >= 15 is 0 Å². The van der Waals surface area contributed by atoms with Gasteiger partial charge in [-0.25, -0.2) is 0 Å². The van der Waals surface area contributed by atoms with Crippen molar-refractivity contribution >= 4 is 0 Å². The molecule has 0 aliphatic carbocycles. The van der Waals surface area contributed by atoms with Gasteiger partial charge in [0.15, 0.2) is 0 Å². The molecule has 4 heteroatoms. The molecule has 1 saturated heterocycles. The standard InChI is InChI=1S/C16H31N3O/c1-4-9-18-16(2,14-17)8-6-10-19(3)12-15-7-5-11-20-13-15/h15,18H,4-13H2,1-3H3. The number of nitriles is 1. The van der Waals surface area contributed by atoms with Gasteiger partial charge in [0.2, 0.25) is 0 Å². The highest BCUT2D eigenvalue weighted by atomic mass is 16.5. The Morgan fingerprint density at radius 2 is 2.30 bits per heavy atom. The average Bonchev–Trinajstić information content (AvgIpc) is 2.46. The molecule has 20 heavy (non-hydrogen) atoms. The van der Waals surface area contributed by atoms with Crippen molar-refractivity contribution < 1.29 is 4.74 Å². The number of hydrogen-bond acceptors (Lipinski definition) is 4. The maximum absolute atomic E-state index is 9.30. The van der Waals surface area contributed by atoms with E-state index in [-0.39, 0.29) is 5.54 Å². The summed E-state index contributed by atoms with van der Waals surface area (Å²) in [7, 11) is 2.18. The van der Waals surface area contributed by atoms with Gasteiger partial charge in [-0.05, 0) is 65.1 Å². The molecular formula is C16H31N3O. The van der Waals surface area contributed by atoms with Gasteiger partial charge < -0.3 is 9.64 Å². The normalized spacial score (nSPS) is 22.4. The Hall–Kier alpha value is -0.630. The molecule has 4 nitrogen and oxygen atoms in total. The topological polar surface area (TPSA) is 48.3 Å². The van der Waals surface area contributed by atoms with Crippen LogP contribution in [0.3, 0.4) is 0 Å². The first-order valence-electron chi connectivity index (χ1n) is 8.02. The van der Waals surface area contributed by atoms with E-state index in [2.05, 4.69) is 30.3 Å². The lowest BCUT2D eigenvalue weighted by Crippen LogP contribution is -2.42. The fourth-order valence-corrected chi connectivity index (χ4v) is 2.77. The molecule has 0 radical (unpaired) electrons. The van der Waals surface area contributed by atoms with Gasteiger partial charge in [-0.2, -0.15) is 5.26 Å². The predicted octanol–water partition coefficient (Wildman–Crippen LogP) is 2.41. The van der Waals surface area contributed by atoms with E-state index in [4.69, 9.17) is 4.74 Å². The van der Waals surface area contributed by atoms with Crippen molar-refractivity contribution in [3.05, 3.63) is 0 Å². The lowest BCUT2D eigenvalue weighted by molar-refractivity contribution is 0.0417. The highest BCUT2D eigenvalue weighted by Gasteiger charge is 2.22. The minimum atomic E-state index is -0.370. The molecular weight excluding hydrogens is 250 g/mol. The van der Waals surface area contributed by atoms with Crippen molar-refractivity contribution in [1.82, 2.24) is 10.2 Å². The minimum Gasteiger partial charge on any atom is -0.381 e. The molecule has 116 valence electrons. The largest absolute Gasteiger partial charge is 0.381 e. The van der Waals surface area contributed by atoms with E-state index in [1.165, 1.54) is 12.8 Å².